The van der Waals surface area contributed by atoms with E-state index < -0.39 is 0 Å². The van der Waals surface area contributed by atoms with Crippen molar-refractivity contribution in [2.75, 3.05) is 6.61 Å². The summed E-state index contributed by atoms with van der Waals surface area (Å²) in [7, 11) is 0. The number of ether oxygens (including phenoxy) is 1. The first-order valence-electron chi connectivity index (χ1n) is 4.14. The molecule has 1 aromatic rings. The van der Waals surface area contributed by atoms with Crippen molar-refractivity contribution in [1.29, 1.82) is 0 Å². The lowest BCUT2D eigenvalue weighted by Gasteiger charge is -2.04. The standard InChI is InChI=1S/C10H9ClO2/c1-6(12)9-5-8(11)4-7-2-3-13-10(7)9/h4-5H,2-3H2,1H3. The van der Waals surface area contributed by atoms with Crippen molar-refractivity contribution >= 4 is 17.4 Å². The van der Waals surface area contributed by atoms with Crippen molar-refractivity contribution in [1.82, 2.24) is 0 Å². The Labute approximate surface area is 81.5 Å². The first-order chi connectivity index (χ1) is 6.18. The number of halogens is 1. The lowest BCUT2D eigenvalue weighted by molar-refractivity contribution is 0.101. The van der Waals surface area contributed by atoms with Crippen LogP contribution in [0.25, 0.3) is 0 Å². The largest absolute Gasteiger partial charge is 0.492 e. The molecule has 0 radical (unpaired) electrons. The van der Waals surface area contributed by atoms with E-state index in [9.17, 15) is 4.79 Å². The second-order valence-corrected chi connectivity index (χ2v) is 3.53. The van der Waals surface area contributed by atoms with E-state index in [1.54, 1.807) is 6.07 Å². The fourth-order valence-corrected chi connectivity index (χ4v) is 1.77. The summed E-state index contributed by atoms with van der Waals surface area (Å²) in [6.07, 6.45) is 0.843. The first-order valence-corrected chi connectivity index (χ1v) is 4.52. The van der Waals surface area contributed by atoms with Gasteiger partial charge in [-0.05, 0) is 24.6 Å². The molecule has 3 heteroatoms. The van der Waals surface area contributed by atoms with Crippen molar-refractivity contribution < 1.29 is 9.53 Å². The maximum atomic E-state index is 11.2. The normalized spacial score (nSPS) is 13.7. The van der Waals surface area contributed by atoms with Gasteiger partial charge in [0.2, 0.25) is 0 Å². The summed E-state index contributed by atoms with van der Waals surface area (Å²) in [6, 6.07) is 3.52. The quantitative estimate of drug-likeness (QED) is 0.645. The van der Waals surface area contributed by atoms with Gasteiger partial charge in [-0.3, -0.25) is 4.79 Å². The molecule has 1 aliphatic rings. The SMILES string of the molecule is CC(=O)c1cc(Cl)cc2c1OCC2. The van der Waals surface area contributed by atoms with Crippen molar-refractivity contribution in [3.63, 3.8) is 0 Å². The lowest BCUT2D eigenvalue weighted by atomic mass is 10.1. The lowest BCUT2D eigenvalue weighted by Crippen LogP contribution is -1.96. The number of ketones is 1. The highest BCUT2D eigenvalue weighted by atomic mass is 35.5. The van der Waals surface area contributed by atoms with E-state index in [-0.39, 0.29) is 5.78 Å². The second-order valence-electron chi connectivity index (χ2n) is 3.10. The zero-order valence-electron chi connectivity index (χ0n) is 7.26. The molecule has 0 bridgehead atoms. The van der Waals surface area contributed by atoms with Gasteiger partial charge in [0.1, 0.15) is 5.75 Å². The molecule has 1 aliphatic heterocycles. The van der Waals surface area contributed by atoms with Crippen LogP contribution in [0.3, 0.4) is 0 Å². The molecule has 0 N–H and O–H groups in total. The van der Waals surface area contributed by atoms with Crippen molar-refractivity contribution in [2.45, 2.75) is 13.3 Å². The highest BCUT2D eigenvalue weighted by Gasteiger charge is 2.19. The van der Waals surface area contributed by atoms with Crippen molar-refractivity contribution in [3.05, 3.63) is 28.3 Å². The predicted octanol–water partition coefficient (Wildman–Crippen LogP) is 2.48. The summed E-state index contributed by atoms with van der Waals surface area (Å²) in [6.45, 7) is 2.17. The topological polar surface area (TPSA) is 26.3 Å². The van der Waals surface area contributed by atoms with E-state index in [1.165, 1.54) is 6.92 Å². The Kier molecular flexibility index (Phi) is 2.00. The molecule has 68 valence electrons. The molecule has 13 heavy (non-hydrogen) atoms. The number of carbonyl (C=O) groups is 1. The van der Waals surface area contributed by atoms with Gasteiger partial charge >= 0.3 is 0 Å². The summed E-state index contributed by atoms with van der Waals surface area (Å²) in [5.41, 5.74) is 1.64. The van der Waals surface area contributed by atoms with Gasteiger partial charge < -0.3 is 4.74 Å². The van der Waals surface area contributed by atoms with E-state index in [4.69, 9.17) is 16.3 Å². The molecule has 0 fully saturated rings. The third kappa shape index (κ3) is 1.42. The van der Waals surface area contributed by atoms with E-state index in [0.717, 1.165) is 17.7 Å². The molecular formula is C10H9ClO2. The molecule has 0 saturated heterocycles. The van der Waals surface area contributed by atoms with Crippen LogP contribution in [0, 0.1) is 0 Å². The van der Waals surface area contributed by atoms with Crippen LogP contribution in [0.4, 0.5) is 0 Å². The van der Waals surface area contributed by atoms with Gasteiger partial charge in [-0.25, -0.2) is 0 Å². The van der Waals surface area contributed by atoms with Gasteiger partial charge in [0.15, 0.2) is 5.78 Å². The van der Waals surface area contributed by atoms with Gasteiger partial charge in [0.05, 0.1) is 12.2 Å². The molecule has 1 heterocycles. The summed E-state index contributed by atoms with van der Waals surface area (Å²) < 4.78 is 5.37. The zero-order valence-corrected chi connectivity index (χ0v) is 8.02. The molecule has 0 spiro atoms. The van der Waals surface area contributed by atoms with E-state index in [0.29, 0.717) is 17.2 Å². The third-order valence-electron chi connectivity index (χ3n) is 2.13. The number of fused-ring (bicyclic) bond motifs is 1. The monoisotopic (exact) mass is 196 g/mol. The minimum absolute atomic E-state index is 0.000602. The molecule has 0 atom stereocenters. The van der Waals surface area contributed by atoms with Gasteiger partial charge in [0.25, 0.3) is 0 Å². The summed E-state index contributed by atoms with van der Waals surface area (Å²) in [5.74, 6) is 0.720. The highest BCUT2D eigenvalue weighted by molar-refractivity contribution is 6.31. The molecular weight excluding hydrogens is 188 g/mol. The van der Waals surface area contributed by atoms with E-state index in [2.05, 4.69) is 0 Å². The van der Waals surface area contributed by atoms with Gasteiger partial charge in [-0.1, -0.05) is 11.6 Å². The van der Waals surface area contributed by atoms with E-state index >= 15 is 0 Å². The molecule has 0 aliphatic carbocycles. The molecule has 1 aromatic carbocycles. The van der Waals surface area contributed by atoms with Crippen molar-refractivity contribution in [2.24, 2.45) is 0 Å². The number of carbonyl (C=O) groups excluding carboxylic acids is 1. The Hall–Kier alpha value is -1.02. The second kappa shape index (κ2) is 3.04. The Morgan fingerprint density at radius 3 is 3.00 bits per heavy atom. The summed E-state index contributed by atoms with van der Waals surface area (Å²) in [4.78, 5) is 11.2. The van der Waals surface area contributed by atoms with Crippen LogP contribution in [0.2, 0.25) is 5.02 Å². The van der Waals surface area contributed by atoms with Gasteiger partial charge in [0, 0.05) is 11.4 Å². The van der Waals surface area contributed by atoms with E-state index in [1.807, 2.05) is 6.07 Å². The molecule has 0 unspecified atom stereocenters. The van der Waals surface area contributed by atoms with Crippen LogP contribution in [0.5, 0.6) is 5.75 Å². The molecule has 0 saturated carbocycles. The Bertz CT molecular complexity index is 371. The fraction of sp³-hybridized carbons (Fsp3) is 0.300. The Balaban J connectivity index is 2.62. The Morgan fingerprint density at radius 2 is 2.31 bits per heavy atom. The molecule has 2 rings (SSSR count). The first kappa shape index (κ1) is 8.57. The van der Waals surface area contributed by atoms with Crippen LogP contribution in [0.15, 0.2) is 12.1 Å². The smallest absolute Gasteiger partial charge is 0.163 e. The fourth-order valence-electron chi connectivity index (χ4n) is 1.53. The minimum atomic E-state index is 0.000602. The zero-order chi connectivity index (χ0) is 9.42. The maximum Gasteiger partial charge on any atom is 0.163 e. The average Bonchev–Trinajstić information content (AvgIpc) is 2.49. The number of Topliss-reactive ketones (excluding diaryl/α,β-unsaturated/α-hetero) is 1. The molecule has 0 aromatic heterocycles. The molecule has 2 nitrogen and oxygen atoms in total. The summed E-state index contributed by atoms with van der Waals surface area (Å²) in [5, 5.41) is 0.606. The molecule has 0 amide bonds. The highest BCUT2D eigenvalue weighted by Crippen LogP contribution is 2.32. The summed E-state index contributed by atoms with van der Waals surface area (Å²) >= 11 is 5.86. The van der Waals surface area contributed by atoms with Crippen LogP contribution < -0.4 is 4.74 Å². The number of hydrogen-bond acceptors (Lipinski definition) is 2. The minimum Gasteiger partial charge on any atom is -0.492 e. The number of benzene rings is 1. The van der Waals surface area contributed by atoms with Gasteiger partial charge in [-0.15, -0.1) is 0 Å². The van der Waals surface area contributed by atoms with Crippen LogP contribution in [-0.2, 0) is 6.42 Å². The van der Waals surface area contributed by atoms with Crippen LogP contribution in [-0.4, -0.2) is 12.4 Å². The average molecular weight is 197 g/mol. The maximum absolute atomic E-state index is 11.2. The predicted molar refractivity (Wildman–Crippen MR) is 50.7 cm³/mol. The Morgan fingerprint density at radius 1 is 1.54 bits per heavy atom. The van der Waals surface area contributed by atoms with Crippen molar-refractivity contribution in [3.8, 4) is 5.75 Å². The number of hydrogen-bond donors (Lipinski definition) is 0. The number of rotatable bonds is 1. The van der Waals surface area contributed by atoms with Gasteiger partial charge in [-0.2, -0.15) is 0 Å². The third-order valence-corrected chi connectivity index (χ3v) is 2.35. The van der Waals surface area contributed by atoms with Crippen LogP contribution >= 0.6 is 11.6 Å². The van der Waals surface area contributed by atoms with Crippen LogP contribution in [0.1, 0.15) is 22.8 Å².